The summed E-state index contributed by atoms with van der Waals surface area (Å²) in [5.74, 6) is 2.25. The van der Waals surface area contributed by atoms with Crippen LogP contribution in [0, 0.1) is 0 Å². The third-order valence-corrected chi connectivity index (χ3v) is 3.71. The molecule has 108 valence electrons. The highest BCUT2D eigenvalue weighted by Gasteiger charge is 2.15. The largest absolute Gasteiger partial charge is 0.486 e. The lowest BCUT2D eigenvalue weighted by Crippen LogP contribution is -2.26. The third kappa shape index (κ3) is 3.66. The van der Waals surface area contributed by atoms with Crippen LogP contribution in [-0.2, 0) is 6.61 Å². The van der Waals surface area contributed by atoms with Gasteiger partial charge in [-0.2, -0.15) is 0 Å². The molecule has 0 saturated carbocycles. The number of amidine groups is 1. The second kappa shape index (κ2) is 6.49. The molecule has 0 atom stereocenters. The molecule has 0 bridgehead atoms. The molecular weight excluding hydrogens is 288 g/mol. The maximum Gasteiger partial charge on any atom is 0.292 e. The molecule has 21 heavy (non-hydrogen) atoms. The van der Waals surface area contributed by atoms with E-state index < -0.39 is 0 Å². The number of amides is 1. The van der Waals surface area contributed by atoms with E-state index in [1.165, 1.54) is 11.8 Å². The lowest BCUT2D eigenvalue weighted by molar-refractivity contribution is 0.0947. The molecule has 0 saturated heterocycles. The summed E-state index contributed by atoms with van der Waals surface area (Å²) in [6.45, 7) is 1.03. The van der Waals surface area contributed by atoms with Gasteiger partial charge >= 0.3 is 0 Å². The fourth-order valence-corrected chi connectivity index (χ4v) is 2.54. The summed E-state index contributed by atoms with van der Waals surface area (Å²) < 4.78 is 11.0. The highest BCUT2D eigenvalue weighted by atomic mass is 32.2. The van der Waals surface area contributed by atoms with Crippen molar-refractivity contribution < 1.29 is 13.9 Å². The first kappa shape index (κ1) is 13.8. The minimum absolute atomic E-state index is 0.261. The molecule has 3 rings (SSSR count). The van der Waals surface area contributed by atoms with Crippen LogP contribution >= 0.6 is 11.8 Å². The van der Waals surface area contributed by atoms with Gasteiger partial charge in [-0.15, -0.1) is 0 Å². The average molecular weight is 302 g/mol. The number of nitrogens with one attached hydrogen (secondary N) is 1. The second-order valence-electron chi connectivity index (χ2n) is 4.36. The molecule has 2 heterocycles. The average Bonchev–Trinajstić information content (AvgIpc) is 3.17. The van der Waals surface area contributed by atoms with Crippen molar-refractivity contribution in [1.82, 2.24) is 5.32 Å². The quantitative estimate of drug-likeness (QED) is 0.943. The van der Waals surface area contributed by atoms with Crippen molar-refractivity contribution in [2.45, 2.75) is 6.61 Å². The number of para-hydroxylation sites is 1. The number of aliphatic imine (C=N–C) groups is 1. The van der Waals surface area contributed by atoms with Crippen LogP contribution in [0.15, 0.2) is 51.9 Å². The predicted octanol–water partition coefficient (Wildman–Crippen LogP) is 2.69. The van der Waals surface area contributed by atoms with E-state index in [1.807, 2.05) is 30.3 Å². The van der Waals surface area contributed by atoms with Crippen LogP contribution in [0.2, 0.25) is 0 Å². The number of carbonyl (C=O) groups is 1. The molecule has 1 aromatic carbocycles. The summed E-state index contributed by atoms with van der Waals surface area (Å²) in [4.78, 5) is 16.1. The lowest BCUT2D eigenvalue weighted by Gasteiger charge is -2.03. The summed E-state index contributed by atoms with van der Waals surface area (Å²) in [5.41, 5.74) is 0. The van der Waals surface area contributed by atoms with Gasteiger partial charge in [-0.1, -0.05) is 30.0 Å². The van der Waals surface area contributed by atoms with E-state index in [9.17, 15) is 4.79 Å². The Hall–Kier alpha value is -2.21. The van der Waals surface area contributed by atoms with Gasteiger partial charge in [0.05, 0.1) is 6.54 Å². The lowest BCUT2D eigenvalue weighted by atomic mass is 10.3. The molecule has 0 radical (unpaired) electrons. The van der Waals surface area contributed by atoms with Crippen molar-refractivity contribution in [3.8, 4) is 5.75 Å². The SMILES string of the molecule is O=C(NC1=NCCS1)c1ccc(COc2ccccc2)o1. The van der Waals surface area contributed by atoms with Crippen molar-refractivity contribution in [2.75, 3.05) is 12.3 Å². The summed E-state index contributed by atoms with van der Waals surface area (Å²) in [6.07, 6.45) is 0. The van der Waals surface area contributed by atoms with Gasteiger partial charge in [0.2, 0.25) is 0 Å². The molecule has 0 fully saturated rings. The minimum Gasteiger partial charge on any atom is -0.486 e. The molecule has 0 spiro atoms. The molecule has 5 nitrogen and oxygen atoms in total. The Labute approximate surface area is 126 Å². The number of thioether (sulfide) groups is 1. The topological polar surface area (TPSA) is 63.8 Å². The Morgan fingerprint density at radius 3 is 2.90 bits per heavy atom. The number of benzene rings is 1. The van der Waals surface area contributed by atoms with Crippen LogP contribution in [0.5, 0.6) is 5.75 Å². The molecule has 0 aliphatic carbocycles. The van der Waals surface area contributed by atoms with Gasteiger partial charge in [0.25, 0.3) is 5.91 Å². The van der Waals surface area contributed by atoms with Crippen LogP contribution in [-0.4, -0.2) is 23.4 Å². The molecule has 1 aliphatic rings. The van der Waals surface area contributed by atoms with Crippen molar-refractivity contribution in [3.63, 3.8) is 0 Å². The Morgan fingerprint density at radius 1 is 1.29 bits per heavy atom. The molecule has 0 unspecified atom stereocenters. The van der Waals surface area contributed by atoms with Crippen LogP contribution in [0.1, 0.15) is 16.3 Å². The van der Waals surface area contributed by atoms with E-state index in [0.29, 0.717) is 10.9 Å². The van der Waals surface area contributed by atoms with Gasteiger partial charge in [-0.25, -0.2) is 0 Å². The Kier molecular flexibility index (Phi) is 4.25. The summed E-state index contributed by atoms with van der Waals surface area (Å²) >= 11 is 1.53. The highest BCUT2D eigenvalue weighted by Crippen LogP contribution is 2.15. The molecule has 1 N–H and O–H groups in total. The number of carbonyl (C=O) groups excluding carboxylic acids is 1. The fourth-order valence-electron chi connectivity index (χ4n) is 1.82. The third-order valence-electron chi connectivity index (χ3n) is 2.82. The van der Waals surface area contributed by atoms with Crippen molar-refractivity contribution in [1.29, 1.82) is 0 Å². The van der Waals surface area contributed by atoms with E-state index in [0.717, 1.165) is 18.0 Å². The number of furan rings is 1. The second-order valence-corrected chi connectivity index (χ2v) is 5.44. The van der Waals surface area contributed by atoms with E-state index >= 15 is 0 Å². The van der Waals surface area contributed by atoms with Crippen molar-refractivity contribution >= 4 is 22.8 Å². The molecule has 2 aromatic rings. The van der Waals surface area contributed by atoms with Gasteiger partial charge in [0, 0.05) is 5.75 Å². The number of ether oxygens (including phenoxy) is 1. The molecule has 1 amide bonds. The summed E-state index contributed by atoms with van der Waals surface area (Å²) in [5, 5.41) is 3.37. The summed E-state index contributed by atoms with van der Waals surface area (Å²) in [6, 6.07) is 12.8. The first-order valence-electron chi connectivity index (χ1n) is 6.56. The van der Waals surface area contributed by atoms with Crippen molar-refractivity contribution in [2.24, 2.45) is 4.99 Å². The highest BCUT2D eigenvalue weighted by molar-refractivity contribution is 8.14. The van der Waals surface area contributed by atoms with Crippen LogP contribution in [0.3, 0.4) is 0 Å². The Balaban J connectivity index is 1.57. The number of nitrogens with zero attached hydrogens (tertiary/aromatic N) is 1. The van der Waals surface area contributed by atoms with Gasteiger partial charge < -0.3 is 9.15 Å². The zero-order chi connectivity index (χ0) is 14.5. The number of hydrogen-bond acceptors (Lipinski definition) is 5. The van der Waals surface area contributed by atoms with Crippen LogP contribution < -0.4 is 10.1 Å². The first-order chi connectivity index (χ1) is 10.3. The molecule has 6 heteroatoms. The first-order valence-corrected chi connectivity index (χ1v) is 7.55. The van der Waals surface area contributed by atoms with Gasteiger partial charge in [-0.05, 0) is 24.3 Å². The monoisotopic (exact) mass is 302 g/mol. The van der Waals surface area contributed by atoms with E-state index in [4.69, 9.17) is 9.15 Å². The maximum absolute atomic E-state index is 11.9. The number of rotatable bonds is 4. The Morgan fingerprint density at radius 2 is 2.14 bits per heavy atom. The smallest absolute Gasteiger partial charge is 0.292 e. The number of hydrogen-bond donors (Lipinski definition) is 1. The standard InChI is InChI=1S/C15H14N2O3S/c18-14(17-15-16-8-9-21-15)13-7-6-12(20-13)10-19-11-4-2-1-3-5-11/h1-7H,8-10H2,(H,16,17,18). The zero-order valence-corrected chi connectivity index (χ0v) is 12.1. The summed E-state index contributed by atoms with van der Waals surface area (Å²) in [7, 11) is 0. The molecule has 1 aliphatic heterocycles. The zero-order valence-electron chi connectivity index (χ0n) is 11.2. The van der Waals surface area contributed by atoms with Crippen molar-refractivity contribution in [3.05, 3.63) is 54.0 Å². The minimum atomic E-state index is -0.283. The predicted molar refractivity (Wildman–Crippen MR) is 81.7 cm³/mol. The normalized spacial score (nSPS) is 13.8. The Bertz CT molecular complexity index is 652. The van der Waals surface area contributed by atoms with Gasteiger partial charge in [0.15, 0.2) is 10.9 Å². The van der Waals surface area contributed by atoms with E-state index in [-0.39, 0.29) is 18.3 Å². The molecular formula is C15H14N2O3S. The van der Waals surface area contributed by atoms with Crippen LogP contribution in [0.4, 0.5) is 0 Å². The van der Waals surface area contributed by atoms with E-state index in [2.05, 4.69) is 10.3 Å². The van der Waals surface area contributed by atoms with Gasteiger partial charge in [0.1, 0.15) is 18.1 Å². The fraction of sp³-hybridized carbons (Fsp3) is 0.200. The van der Waals surface area contributed by atoms with E-state index in [1.54, 1.807) is 12.1 Å². The maximum atomic E-state index is 11.9. The molecule has 1 aromatic heterocycles. The van der Waals surface area contributed by atoms with Crippen LogP contribution in [0.25, 0.3) is 0 Å². The van der Waals surface area contributed by atoms with Gasteiger partial charge in [-0.3, -0.25) is 15.1 Å².